The molecular formula is C15H21ClN2O2. The number of esters is 1. The molecule has 1 aromatic carbocycles. The monoisotopic (exact) mass is 296 g/mol. The maximum Gasteiger partial charge on any atom is 0.340 e. The Hall–Kier alpha value is -1.26. The minimum absolute atomic E-state index is 0.360. The van der Waals surface area contributed by atoms with Crippen molar-refractivity contribution in [2.24, 2.45) is 0 Å². The van der Waals surface area contributed by atoms with Crippen LogP contribution in [-0.2, 0) is 4.74 Å². The van der Waals surface area contributed by atoms with Gasteiger partial charge in [0.25, 0.3) is 0 Å². The van der Waals surface area contributed by atoms with Crippen molar-refractivity contribution in [2.45, 2.75) is 25.8 Å². The van der Waals surface area contributed by atoms with E-state index in [1.807, 2.05) is 6.07 Å². The van der Waals surface area contributed by atoms with Gasteiger partial charge in [-0.25, -0.2) is 4.79 Å². The third kappa shape index (κ3) is 3.64. The molecule has 20 heavy (non-hydrogen) atoms. The van der Waals surface area contributed by atoms with Crippen molar-refractivity contribution in [3.63, 3.8) is 0 Å². The number of methoxy groups -OCH3 is 1. The minimum Gasteiger partial charge on any atom is -0.465 e. The van der Waals surface area contributed by atoms with Crippen LogP contribution in [-0.4, -0.2) is 43.7 Å². The molecule has 0 bridgehead atoms. The predicted octanol–water partition coefficient (Wildman–Crippen LogP) is 3.02. The lowest BCUT2D eigenvalue weighted by Gasteiger charge is -2.32. The summed E-state index contributed by atoms with van der Waals surface area (Å²) in [4.78, 5) is 14.2. The summed E-state index contributed by atoms with van der Waals surface area (Å²) >= 11 is 5.96. The molecule has 1 saturated heterocycles. The Morgan fingerprint density at radius 3 is 2.75 bits per heavy atom. The molecule has 0 aliphatic carbocycles. The number of benzene rings is 1. The molecule has 5 heteroatoms. The number of ether oxygens (including phenoxy) is 1. The van der Waals surface area contributed by atoms with Crippen LogP contribution in [0.4, 0.5) is 5.69 Å². The van der Waals surface area contributed by atoms with Crippen molar-refractivity contribution in [1.82, 2.24) is 4.90 Å². The fraction of sp³-hybridized carbons (Fsp3) is 0.533. The molecule has 1 aliphatic rings. The van der Waals surface area contributed by atoms with Gasteiger partial charge in [0, 0.05) is 29.8 Å². The highest BCUT2D eigenvalue weighted by atomic mass is 35.5. The molecule has 1 N–H and O–H groups in total. The molecule has 1 fully saturated rings. The van der Waals surface area contributed by atoms with Crippen LogP contribution in [0.2, 0.25) is 5.02 Å². The van der Waals surface area contributed by atoms with E-state index in [9.17, 15) is 4.79 Å². The van der Waals surface area contributed by atoms with Gasteiger partial charge in [0.05, 0.1) is 12.7 Å². The second-order valence-corrected chi connectivity index (χ2v) is 5.47. The van der Waals surface area contributed by atoms with Crippen LogP contribution in [0.25, 0.3) is 0 Å². The highest BCUT2D eigenvalue weighted by Gasteiger charge is 2.20. The fourth-order valence-electron chi connectivity index (χ4n) is 2.53. The zero-order valence-corrected chi connectivity index (χ0v) is 12.7. The van der Waals surface area contributed by atoms with E-state index in [4.69, 9.17) is 16.3 Å². The summed E-state index contributed by atoms with van der Waals surface area (Å²) in [5, 5.41) is 3.99. The van der Waals surface area contributed by atoms with Gasteiger partial charge in [-0.2, -0.15) is 0 Å². The van der Waals surface area contributed by atoms with E-state index in [0.29, 0.717) is 16.6 Å². The minimum atomic E-state index is -0.360. The van der Waals surface area contributed by atoms with Gasteiger partial charge >= 0.3 is 5.97 Å². The summed E-state index contributed by atoms with van der Waals surface area (Å²) in [6.45, 7) is 5.47. The molecule has 1 heterocycles. The molecule has 110 valence electrons. The first-order valence-corrected chi connectivity index (χ1v) is 7.38. The van der Waals surface area contributed by atoms with E-state index in [1.165, 1.54) is 7.11 Å². The van der Waals surface area contributed by atoms with Crippen LogP contribution in [0.5, 0.6) is 0 Å². The summed E-state index contributed by atoms with van der Waals surface area (Å²) in [5.74, 6) is -0.360. The Labute approximate surface area is 125 Å². The van der Waals surface area contributed by atoms with E-state index < -0.39 is 0 Å². The number of anilines is 1. The second kappa shape index (κ2) is 6.95. The third-order valence-electron chi connectivity index (χ3n) is 3.78. The molecule has 0 atom stereocenters. The van der Waals surface area contributed by atoms with Gasteiger partial charge in [-0.15, -0.1) is 0 Å². The number of likely N-dealkylation sites (tertiary alicyclic amines) is 1. The van der Waals surface area contributed by atoms with Gasteiger partial charge < -0.3 is 15.0 Å². The molecule has 0 unspecified atom stereocenters. The van der Waals surface area contributed by atoms with Gasteiger partial charge in [0.1, 0.15) is 0 Å². The largest absolute Gasteiger partial charge is 0.465 e. The zero-order chi connectivity index (χ0) is 14.5. The number of hydrogen-bond donors (Lipinski definition) is 1. The van der Waals surface area contributed by atoms with E-state index in [2.05, 4.69) is 17.1 Å². The first-order valence-electron chi connectivity index (χ1n) is 7.00. The van der Waals surface area contributed by atoms with E-state index in [0.717, 1.165) is 38.2 Å². The number of hydrogen-bond acceptors (Lipinski definition) is 4. The van der Waals surface area contributed by atoms with Crippen LogP contribution in [0.3, 0.4) is 0 Å². The first kappa shape index (κ1) is 15.1. The van der Waals surface area contributed by atoms with Crippen molar-refractivity contribution in [1.29, 1.82) is 0 Å². The maximum absolute atomic E-state index is 11.8. The standard InChI is InChI=1S/C15H21ClN2O2/c1-3-18-8-6-12(7-9-18)17-14-5-4-11(16)10-13(14)15(19)20-2/h4-5,10,12,17H,3,6-9H2,1-2H3. The number of carbonyl (C=O) groups is 1. The van der Waals surface area contributed by atoms with Crippen molar-refractivity contribution < 1.29 is 9.53 Å². The quantitative estimate of drug-likeness (QED) is 0.867. The Morgan fingerprint density at radius 2 is 2.15 bits per heavy atom. The number of nitrogens with one attached hydrogen (secondary N) is 1. The molecule has 0 aromatic heterocycles. The van der Waals surface area contributed by atoms with Crippen LogP contribution in [0.15, 0.2) is 18.2 Å². The molecule has 0 radical (unpaired) electrons. The lowest BCUT2D eigenvalue weighted by atomic mass is 10.0. The summed E-state index contributed by atoms with van der Waals surface area (Å²) in [6, 6.07) is 5.68. The second-order valence-electron chi connectivity index (χ2n) is 5.03. The Morgan fingerprint density at radius 1 is 1.45 bits per heavy atom. The number of nitrogens with zero attached hydrogens (tertiary/aromatic N) is 1. The highest BCUT2D eigenvalue weighted by molar-refractivity contribution is 6.31. The fourth-order valence-corrected chi connectivity index (χ4v) is 2.71. The van der Waals surface area contributed by atoms with Crippen molar-refractivity contribution >= 4 is 23.3 Å². The van der Waals surface area contributed by atoms with Crippen molar-refractivity contribution in [3.05, 3.63) is 28.8 Å². The van der Waals surface area contributed by atoms with Crippen molar-refractivity contribution in [3.8, 4) is 0 Å². The van der Waals surface area contributed by atoms with Gasteiger partial charge in [-0.1, -0.05) is 18.5 Å². The summed E-state index contributed by atoms with van der Waals surface area (Å²) in [7, 11) is 1.38. The van der Waals surface area contributed by atoms with E-state index in [1.54, 1.807) is 12.1 Å². The van der Waals surface area contributed by atoms with Crippen molar-refractivity contribution in [2.75, 3.05) is 32.1 Å². The van der Waals surface area contributed by atoms with Gasteiger partial charge in [-0.3, -0.25) is 0 Å². The highest BCUT2D eigenvalue weighted by Crippen LogP contribution is 2.24. The zero-order valence-electron chi connectivity index (χ0n) is 12.0. The molecular weight excluding hydrogens is 276 g/mol. The maximum atomic E-state index is 11.8. The molecule has 4 nitrogen and oxygen atoms in total. The Kier molecular flexibility index (Phi) is 5.26. The average molecular weight is 297 g/mol. The molecule has 2 rings (SSSR count). The van der Waals surface area contributed by atoms with Gasteiger partial charge in [-0.05, 0) is 37.6 Å². The Bertz CT molecular complexity index is 471. The molecule has 0 amide bonds. The summed E-state index contributed by atoms with van der Waals surface area (Å²) in [6.07, 6.45) is 2.16. The van der Waals surface area contributed by atoms with Crippen LogP contribution < -0.4 is 5.32 Å². The van der Waals surface area contributed by atoms with Crippen LogP contribution >= 0.6 is 11.6 Å². The Balaban J connectivity index is 2.07. The summed E-state index contributed by atoms with van der Waals surface area (Å²) < 4.78 is 4.81. The third-order valence-corrected chi connectivity index (χ3v) is 4.02. The van der Waals surface area contributed by atoms with E-state index >= 15 is 0 Å². The number of carbonyl (C=O) groups excluding carboxylic acids is 1. The van der Waals surface area contributed by atoms with Gasteiger partial charge in [0.2, 0.25) is 0 Å². The molecule has 1 aromatic rings. The molecule has 0 spiro atoms. The summed E-state index contributed by atoms with van der Waals surface area (Å²) in [5.41, 5.74) is 1.30. The van der Waals surface area contributed by atoms with Gasteiger partial charge in [0.15, 0.2) is 0 Å². The first-order chi connectivity index (χ1) is 9.63. The smallest absolute Gasteiger partial charge is 0.340 e. The molecule has 0 saturated carbocycles. The lowest BCUT2D eigenvalue weighted by Crippen LogP contribution is -2.39. The van der Waals surface area contributed by atoms with E-state index in [-0.39, 0.29) is 5.97 Å². The number of halogens is 1. The van der Waals surface area contributed by atoms with Crippen LogP contribution in [0.1, 0.15) is 30.1 Å². The molecule has 1 aliphatic heterocycles. The lowest BCUT2D eigenvalue weighted by molar-refractivity contribution is 0.0601. The SMILES string of the molecule is CCN1CCC(Nc2ccc(Cl)cc2C(=O)OC)CC1. The average Bonchev–Trinajstić information content (AvgIpc) is 2.49. The normalized spacial score (nSPS) is 16.9. The number of rotatable bonds is 4. The predicted molar refractivity (Wildman–Crippen MR) is 81.6 cm³/mol. The number of piperidine rings is 1. The topological polar surface area (TPSA) is 41.6 Å². The van der Waals surface area contributed by atoms with Crippen LogP contribution in [0, 0.1) is 0 Å².